The first-order valence-electron chi connectivity index (χ1n) is 9.02. The summed E-state index contributed by atoms with van der Waals surface area (Å²) in [7, 11) is -1.81. The summed E-state index contributed by atoms with van der Waals surface area (Å²) in [5.41, 5.74) is 3.68. The van der Waals surface area contributed by atoms with E-state index in [4.69, 9.17) is 4.98 Å². The Labute approximate surface area is 146 Å². The average molecular weight is 346 g/mol. The van der Waals surface area contributed by atoms with Gasteiger partial charge in [-0.1, -0.05) is 48.5 Å². The molecule has 0 aliphatic carbocycles. The van der Waals surface area contributed by atoms with Crippen LogP contribution in [0.15, 0.2) is 24.5 Å². The van der Waals surface area contributed by atoms with Crippen LogP contribution in [0.5, 0.6) is 0 Å². The molecule has 0 radical (unpaired) electrons. The molecule has 1 N–H and O–H groups in total. The fourth-order valence-corrected chi connectivity index (χ4v) is 11.0. The standard InChI is InChI=1S/C19H31N3OSi/c1-8-18(23)21-17-11-16-9-10-22(19(16)20-12-17)24(13(2)3,14(4)5)15(6)7/h9-15H,8H2,1-7H3,(H,21,23). The Hall–Kier alpha value is -1.62. The van der Waals surface area contributed by atoms with Gasteiger partial charge < -0.3 is 9.55 Å². The monoisotopic (exact) mass is 345 g/mol. The fourth-order valence-electron chi connectivity index (χ4n) is 4.49. The van der Waals surface area contributed by atoms with Crippen LogP contribution in [0.25, 0.3) is 11.0 Å². The quantitative estimate of drug-likeness (QED) is 0.712. The lowest BCUT2D eigenvalue weighted by Crippen LogP contribution is -2.51. The van der Waals surface area contributed by atoms with Gasteiger partial charge in [-0.15, -0.1) is 0 Å². The van der Waals surface area contributed by atoms with E-state index in [9.17, 15) is 4.79 Å². The third kappa shape index (κ3) is 3.01. The zero-order valence-electron chi connectivity index (χ0n) is 16.1. The summed E-state index contributed by atoms with van der Waals surface area (Å²) in [6.07, 6.45) is 4.48. The van der Waals surface area contributed by atoms with Crippen molar-refractivity contribution in [3.63, 3.8) is 0 Å². The topological polar surface area (TPSA) is 46.9 Å². The number of aromatic nitrogens is 2. The van der Waals surface area contributed by atoms with E-state index in [0.29, 0.717) is 23.0 Å². The van der Waals surface area contributed by atoms with E-state index in [0.717, 1.165) is 16.7 Å². The highest BCUT2D eigenvalue weighted by molar-refractivity contribution is 6.82. The fraction of sp³-hybridized carbons (Fsp3) is 0.579. The van der Waals surface area contributed by atoms with Gasteiger partial charge in [-0.25, -0.2) is 4.98 Å². The van der Waals surface area contributed by atoms with Crippen LogP contribution >= 0.6 is 0 Å². The third-order valence-corrected chi connectivity index (χ3v) is 12.1. The Kier molecular flexibility index (Phi) is 5.53. The Balaban J connectivity index is 2.58. The molecule has 2 aromatic heterocycles. The van der Waals surface area contributed by atoms with Gasteiger partial charge in [0.25, 0.3) is 0 Å². The van der Waals surface area contributed by atoms with Crippen molar-refractivity contribution in [2.24, 2.45) is 0 Å². The molecule has 2 heterocycles. The first-order chi connectivity index (χ1) is 11.2. The smallest absolute Gasteiger partial charge is 0.224 e. The Morgan fingerprint density at radius 1 is 1.17 bits per heavy atom. The minimum atomic E-state index is -1.81. The number of rotatable bonds is 6. The van der Waals surface area contributed by atoms with Crippen molar-refractivity contribution in [3.8, 4) is 0 Å². The van der Waals surface area contributed by atoms with Crippen LogP contribution in [0.3, 0.4) is 0 Å². The number of hydrogen-bond acceptors (Lipinski definition) is 2. The zero-order valence-corrected chi connectivity index (χ0v) is 17.1. The van der Waals surface area contributed by atoms with E-state index in [-0.39, 0.29) is 5.91 Å². The Morgan fingerprint density at radius 3 is 2.25 bits per heavy atom. The summed E-state index contributed by atoms with van der Waals surface area (Å²) in [5.74, 6) is 0.0193. The SMILES string of the molecule is CCC(=O)Nc1cnc2c(ccn2[Si](C(C)C)(C(C)C)C(C)C)c1. The number of nitrogens with zero attached hydrogens (tertiary/aromatic N) is 2. The largest absolute Gasteiger partial charge is 0.359 e. The van der Waals surface area contributed by atoms with Gasteiger partial charge in [0.1, 0.15) is 5.65 Å². The van der Waals surface area contributed by atoms with Gasteiger partial charge in [0, 0.05) is 11.8 Å². The van der Waals surface area contributed by atoms with Gasteiger partial charge in [-0.05, 0) is 35.0 Å². The molecule has 0 unspecified atom stereocenters. The van der Waals surface area contributed by atoms with Gasteiger partial charge >= 0.3 is 0 Å². The summed E-state index contributed by atoms with van der Waals surface area (Å²) in [6, 6.07) is 4.17. The molecular formula is C19H31N3OSi. The average Bonchev–Trinajstić information content (AvgIpc) is 2.90. The second kappa shape index (κ2) is 7.09. The lowest BCUT2D eigenvalue weighted by atomic mass is 10.3. The van der Waals surface area contributed by atoms with Crippen molar-refractivity contribution in [2.75, 3.05) is 5.32 Å². The minimum Gasteiger partial charge on any atom is -0.359 e. The van der Waals surface area contributed by atoms with Crippen LogP contribution in [0.2, 0.25) is 16.6 Å². The molecule has 5 heteroatoms. The second-order valence-corrected chi connectivity index (χ2v) is 13.3. The molecule has 0 aliphatic rings. The molecule has 2 aromatic rings. The van der Waals surface area contributed by atoms with Gasteiger partial charge in [0.15, 0.2) is 8.24 Å². The normalized spacial score (nSPS) is 12.6. The van der Waals surface area contributed by atoms with E-state index < -0.39 is 8.24 Å². The van der Waals surface area contributed by atoms with Crippen molar-refractivity contribution in [1.82, 2.24) is 9.22 Å². The van der Waals surface area contributed by atoms with E-state index in [1.165, 1.54) is 0 Å². The van der Waals surface area contributed by atoms with Gasteiger partial charge in [0.05, 0.1) is 11.9 Å². The van der Waals surface area contributed by atoms with E-state index in [2.05, 4.69) is 63.4 Å². The van der Waals surface area contributed by atoms with Crippen molar-refractivity contribution in [2.45, 2.75) is 71.5 Å². The van der Waals surface area contributed by atoms with Crippen molar-refractivity contribution >= 4 is 30.9 Å². The van der Waals surface area contributed by atoms with Gasteiger partial charge in [0.2, 0.25) is 5.91 Å². The van der Waals surface area contributed by atoms with Crippen LogP contribution in [-0.2, 0) is 4.79 Å². The molecule has 0 aromatic carbocycles. The molecule has 24 heavy (non-hydrogen) atoms. The van der Waals surface area contributed by atoms with E-state index in [1.807, 2.05) is 13.0 Å². The molecule has 0 saturated heterocycles. The number of amides is 1. The number of pyridine rings is 1. The summed E-state index contributed by atoms with van der Waals surface area (Å²) >= 11 is 0. The second-order valence-electron chi connectivity index (χ2n) is 7.58. The lowest BCUT2D eigenvalue weighted by molar-refractivity contribution is -0.115. The molecule has 0 saturated carbocycles. The molecule has 0 bridgehead atoms. The van der Waals surface area contributed by atoms with Crippen LogP contribution in [0.1, 0.15) is 54.9 Å². The molecule has 0 fully saturated rings. The lowest BCUT2D eigenvalue weighted by Gasteiger charge is -2.44. The number of anilines is 1. The van der Waals surface area contributed by atoms with Crippen molar-refractivity contribution in [1.29, 1.82) is 0 Å². The van der Waals surface area contributed by atoms with Crippen molar-refractivity contribution < 1.29 is 4.79 Å². The maximum absolute atomic E-state index is 11.6. The van der Waals surface area contributed by atoms with E-state index in [1.54, 1.807) is 6.20 Å². The highest BCUT2D eigenvalue weighted by atomic mass is 28.3. The number of carbonyl (C=O) groups is 1. The molecule has 132 valence electrons. The van der Waals surface area contributed by atoms with Gasteiger partial charge in [-0.2, -0.15) is 0 Å². The number of nitrogens with one attached hydrogen (secondary N) is 1. The molecule has 0 atom stereocenters. The number of fused-ring (bicyclic) bond motifs is 1. The highest BCUT2D eigenvalue weighted by Crippen LogP contribution is 2.44. The van der Waals surface area contributed by atoms with Gasteiger partial charge in [-0.3, -0.25) is 4.79 Å². The van der Waals surface area contributed by atoms with Crippen LogP contribution in [-0.4, -0.2) is 23.4 Å². The molecule has 0 aliphatic heterocycles. The summed E-state index contributed by atoms with van der Waals surface area (Å²) in [5, 5.41) is 4.00. The summed E-state index contributed by atoms with van der Waals surface area (Å²) in [6.45, 7) is 16.0. The minimum absolute atomic E-state index is 0.0193. The van der Waals surface area contributed by atoms with Crippen LogP contribution < -0.4 is 5.32 Å². The Morgan fingerprint density at radius 2 is 1.75 bits per heavy atom. The maximum atomic E-state index is 11.6. The molecule has 4 nitrogen and oxygen atoms in total. The highest BCUT2D eigenvalue weighted by Gasteiger charge is 2.45. The summed E-state index contributed by atoms with van der Waals surface area (Å²) in [4.78, 5) is 16.3. The van der Waals surface area contributed by atoms with E-state index >= 15 is 0 Å². The molecule has 2 rings (SSSR count). The molecular weight excluding hydrogens is 314 g/mol. The van der Waals surface area contributed by atoms with Crippen LogP contribution in [0.4, 0.5) is 5.69 Å². The van der Waals surface area contributed by atoms with Crippen LogP contribution in [0, 0.1) is 0 Å². The maximum Gasteiger partial charge on any atom is 0.224 e. The first kappa shape index (κ1) is 18.7. The van der Waals surface area contributed by atoms with Crippen molar-refractivity contribution in [3.05, 3.63) is 24.5 Å². The third-order valence-electron chi connectivity index (χ3n) is 5.32. The summed E-state index contributed by atoms with van der Waals surface area (Å²) < 4.78 is 2.49. The predicted octanol–water partition coefficient (Wildman–Crippen LogP) is 5.41. The predicted molar refractivity (Wildman–Crippen MR) is 105 cm³/mol. The number of hydrogen-bond donors (Lipinski definition) is 1. The number of carbonyl (C=O) groups excluding carboxylic acids is 1. The first-order valence-corrected chi connectivity index (χ1v) is 11.2. The molecule has 0 spiro atoms. The Bertz CT molecular complexity index is 697. The molecule has 1 amide bonds. The zero-order chi connectivity index (χ0) is 18.1.